The van der Waals surface area contributed by atoms with Crippen LogP contribution in [-0.4, -0.2) is 101 Å². The van der Waals surface area contributed by atoms with Gasteiger partial charge in [-0.25, -0.2) is 19.6 Å². The number of nitrogen functional groups attached to an aromatic ring is 1. The second-order valence-corrected chi connectivity index (χ2v) is 13.6. The molecule has 0 radical (unpaired) electrons. The number of hydrogen-bond acceptors (Lipinski definition) is 12. The van der Waals surface area contributed by atoms with Crippen LogP contribution < -0.4 is 11.1 Å². The topological polar surface area (TPSA) is 186 Å². The number of aromatic nitrogens is 2. The number of cyclic esters (lactones) is 1. The number of anilines is 1. The van der Waals surface area contributed by atoms with Crippen LogP contribution in [0.2, 0.25) is 0 Å². The van der Waals surface area contributed by atoms with E-state index in [0.717, 1.165) is 5.57 Å². The van der Waals surface area contributed by atoms with Gasteiger partial charge in [-0.15, -0.1) is 0 Å². The molecule has 0 spiro atoms. The van der Waals surface area contributed by atoms with Gasteiger partial charge in [-0.2, -0.15) is 0 Å². The molecular weight excluding hydrogens is 618 g/mol. The van der Waals surface area contributed by atoms with Gasteiger partial charge in [-0.1, -0.05) is 38.2 Å². The van der Waals surface area contributed by atoms with Gasteiger partial charge in [0.15, 0.2) is 0 Å². The molecule has 13 heteroatoms. The molecule has 2 saturated carbocycles. The number of rotatable bonds is 9. The van der Waals surface area contributed by atoms with Crippen LogP contribution in [0.4, 0.5) is 5.95 Å². The molecule has 48 heavy (non-hydrogen) atoms. The van der Waals surface area contributed by atoms with Crippen molar-refractivity contribution in [1.82, 2.24) is 20.2 Å². The fraction of sp³-hybridized carbons (Fsp3) is 0.571. The summed E-state index contributed by atoms with van der Waals surface area (Å²) in [7, 11) is 0. The average molecular weight is 666 g/mol. The van der Waals surface area contributed by atoms with Crippen molar-refractivity contribution in [2.75, 3.05) is 45.3 Å². The number of aliphatic hydroxyl groups is 2. The number of hydrogen-bond donors (Lipinski definition) is 4. The maximum Gasteiger partial charge on any atom is 0.343 e. The first-order valence-corrected chi connectivity index (χ1v) is 16.6. The smallest absolute Gasteiger partial charge is 0.343 e. The molecule has 13 nitrogen and oxygen atoms in total. The van der Waals surface area contributed by atoms with Crippen LogP contribution >= 0.6 is 0 Å². The summed E-state index contributed by atoms with van der Waals surface area (Å²) in [6.07, 6.45) is 8.80. The summed E-state index contributed by atoms with van der Waals surface area (Å²) in [5.74, 6) is -1.80. The first-order chi connectivity index (χ1) is 22.8. The minimum atomic E-state index is -0.797. The second kappa shape index (κ2) is 14.3. The lowest BCUT2D eigenvalue weighted by Gasteiger charge is -2.61. The lowest BCUT2D eigenvalue weighted by atomic mass is 9.45. The number of fused-ring (bicyclic) bond motifs is 1. The zero-order valence-electron chi connectivity index (χ0n) is 28.1. The third-order valence-corrected chi connectivity index (χ3v) is 10.7. The summed E-state index contributed by atoms with van der Waals surface area (Å²) >= 11 is 0. The number of carbonyl (C=O) groups excluding carboxylic acids is 3. The molecule has 3 heterocycles. The normalized spacial score (nSPS) is 32.4. The van der Waals surface area contributed by atoms with Crippen LogP contribution in [-0.2, 0) is 28.6 Å². The number of aliphatic hydroxyl groups excluding tert-OH is 2. The zero-order chi connectivity index (χ0) is 34.8. The number of esters is 2. The highest BCUT2D eigenvalue weighted by Crippen LogP contribution is 2.61. The van der Waals surface area contributed by atoms with Gasteiger partial charge in [0.05, 0.1) is 44.1 Å². The molecule has 1 aromatic heterocycles. The number of nitrogens with zero attached hydrogens (tertiary/aromatic N) is 3. The second-order valence-electron chi connectivity index (χ2n) is 13.6. The molecule has 2 aliphatic carbocycles. The van der Waals surface area contributed by atoms with Crippen molar-refractivity contribution >= 4 is 29.4 Å². The third-order valence-electron chi connectivity index (χ3n) is 10.7. The Kier molecular flexibility index (Phi) is 10.5. The van der Waals surface area contributed by atoms with E-state index in [0.29, 0.717) is 45.6 Å². The first kappa shape index (κ1) is 35.4. The van der Waals surface area contributed by atoms with Gasteiger partial charge in [-0.05, 0) is 50.5 Å². The molecule has 5 N–H and O–H groups in total. The minimum absolute atomic E-state index is 0.00154. The van der Waals surface area contributed by atoms with E-state index in [2.05, 4.69) is 28.8 Å². The molecule has 3 fully saturated rings. The van der Waals surface area contributed by atoms with Crippen LogP contribution in [0.3, 0.4) is 0 Å². The Balaban J connectivity index is 1.49. The average Bonchev–Trinajstić information content (AvgIpc) is 3.44. The number of amides is 1. The number of ether oxygens (including phenoxy) is 3. The monoisotopic (exact) mass is 665 g/mol. The molecule has 1 saturated heterocycles. The summed E-state index contributed by atoms with van der Waals surface area (Å²) in [4.78, 5) is 49.2. The first-order valence-electron chi connectivity index (χ1n) is 16.6. The Labute approximate surface area is 280 Å². The van der Waals surface area contributed by atoms with Crippen molar-refractivity contribution in [2.24, 2.45) is 22.7 Å². The van der Waals surface area contributed by atoms with Gasteiger partial charge >= 0.3 is 11.9 Å². The molecule has 260 valence electrons. The van der Waals surface area contributed by atoms with E-state index in [1.807, 2.05) is 19.9 Å². The predicted molar refractivity (Wildman–Crippen MR) is 176 cm³/mol. The molecule has 7 atom stereocenters. The SMILES string of the molecule is C=C1C(NC(C)C(=O)N2CCOCC2)CC2[C@](C)(CC[C@@H](O)[C@@]2(C)CO)C1/C=C/C1=CC(=C(/C(=O)OCC)c2cnc(N)nc2)/OC1=O. The van der Waals surface area contributed by atoms with E-state index in [9.17, 15) is 24.6 Å². The summed E-state index contributed by atoms with van der Waals surface area (Å²) in [5, 5.41) is 25.3. The summed E-state index contributed by atoms with van der Waals surface area (Å²) in [6, 6.07) is -0.818. The zero-order valence-corrected chi connectivity index (χ0v) is 28.1. The Morgan fingerprint density at radius 1 is 1.27 bits per heavy atom. The highest BCUT2D eigenvalue weighted by molar-refractivity contribution is 6.18. The quantitative estimate of drug-likeness (QED) is 0.171. The number of carbonyl (C=O) groups is 3. The van der Waals surface area contributed by atoms with Crippen LogP contribution in [0.15, 0.2) is 54.1 Å². The highest BCUT2D eigenvalue weighted by Gasteiger charge is 2.59. The van der Waals surface area contributed by atoms with E-state index >= 15 is 0 Å². The molecule has 0 aromatic carbocycles. The number of nitrogens with two attached hydrogens (primary N) is 1. The van der Waals surface area contributed by atoms with Crippen LogP contribution in [0.25, 0.3) is 5.57 Å². The maximum atomic E-state index is 13.3. The lowest BCUT2D eigenvalue weighted by molar-refractivity contribution is -0.150. The molecular formula is C35H47N5O8. The number of allylic oxidation sites excluding steroid dienone is 2. The summed E-state index contributed by atoms with van der Waals surface area (Å²) in [6.45, 7) is 14.0. The van der Waals surface area contributed by atoms with E-state index in [4.69, 9.17) is 19.9 Å². The molecule has 4 aliphatic rings. The Bertz CT molecular complexity index is 1520. The van der Waals surface area contributed by atoms with Gasteiger partial charge in [0.25, 0.3) is 0 Å². The Morgan fingerprint density at radius 3 is 2.60 bits per heavy atom. The molecule has 5 rings (SSSR count). The van der Waals surface area contributed by atoms with E-state index in [1.54, 1.807) is 17.9 Å². The van der Waals surface area contributed by atoms with Crippen molar-refractivity contribution in [2.45, 2.75) is 65.1 Å². The molecule has 1 amide bonds. The number of nitrogens with one attached hydrogen (secondary N) is 1. The summed E-state index contributed by atoms with van der Waals surface area (Å²) < 4.78 is 16.2. The van der Waals surface area contributed by atoms with Crippen LogP contribution in [0.5, 0.6) is 0 Å². The molecule has 0 bridgehead atoms. The predicted octanol–water partition coefficient (Wildman–Crippen LogP) is 1.93. The van der Waals surface area contributed by atoms with Crippen molar-refractivity contribution < 1.29 is 38.8 Å². The van der Waals surface area contributed by atoms with Crippen LogP contribution in [0, 0.1) is 22.7 Å². The van der Waals surface area contributed by atoms with Gasteiger partial charge in [0, 0.05) is 48.4 Å². The van der Waals surface area contributed by atoms with E-state index < -0.39 is 34.9 Å². The molecule has 2 aliphatic heterocycles. The number of morpholine rings is 1. The largest absolute Gasteiger partial charge is 0.462 e. The Hall–Kier alpha value is -3.91. The van der Waals surface area contributed by atoms with Crippen molar-refractivity contribution in [1.29, 1.82) is 0 Å². The van der Waals surface area contributed by atoms with Gasteiger partial charge in [0.2, 0.25) is 11.9 Å². The van der Waals surface area contributed by atoms with Gasteiger partial charge < -0.3 is 35.1 Å². The van der Waals surface area contributed by atoms with Gasteiger partial charge in [0.1, 0.15) is 11.3 Å². The maximum absolute atomic E-state index is 13.3. The van der Waals surface area contributed by atoms with E-state index in [1.165, 1.54) is 18.5 Å². The van der Waals surface area contributed by atoms with E-state index in [-0.39, 0.29) is 65.4 Å². The van der Waals surface area contributed by atoms with Gasteiger partial charge in [-0.3, -0.25) is 10.1 Å². The Morgan fingerprint density at radius 2 is 1.96 bits per heavy atom. The molecule has 4 unspecified atom stereocenters. The fourth-order valence-electron chi connectivity index (χ4n) is 7.90. The van der Waals surface area contributed by atoms with Crippen molar-refractivity contribution in [3.63, 3.8) is 0 Å². The highest BCUT2D eigenvalue weighted by atomic mass is 16.6. The fourth-order valence-corrected chi connectivity index (χ4v) is 7.90. The summed E-state index contributed by atoms with van der Waals surface area (Å²) in [5.41, 5.74) is 5.73. The molecule has 1 aromatic rings. The van der Waals surface area contributed by atoms with Crippen molar-refractivity contribution in [3.05, 3.63) is 59.7 Å². The minimum Gasteiger partial charge on any atom is -0.462 e. The third kappa shape index (κ3) is 6.69. The van der Waals surface area contributed by atoms with Crippen LogP contribution in [0.1, 0.15) is 52.5 Å². The lowest BCUT2D eigenvalue weighted by Crippen LogP contribution is -2.62. The van der Waals surface area contributed by atoms with Crippen molar-refractivity contribution in [3.8, 4) is 0 Å². The standard InChI is InChI=1S/C35H47N5O8/c1-6-47-32(45)29(23-17-37-33(36)38-18-23)26-15-22(31(44)48-26)7-8-24-20(2)25(39-21(3)30(43)40-11-13-46-14-12-40)16-27-34(24,4)10-9-28(42)35(27,5)19-41/h7-8,15,17-18,21,24-25,27-28,39,41-42H,2,6,9-14,16,19H2,1,3-5H3,(H2,36,37,38)/b8-7+,29-26-/t21?,24?,25?,27?,28-,34-,35+/m1/s1.